The van der Waals surface area contributed by atoms with Crippen LogP contribution in [-0.4, -0.2) is 36.9 Å². The number of rotatable bonds is 26. The van der Waals surface area contributed by atoms with Gasteiger partial charge in [-0.2, -0.15) is 0 Å². The van der Waals surface area contributed by atoms with Gasteiger partial charge in [-0.1, -0.05) is 138 Å². The fourth-order valence-electron chi connectivity index (χ4n) is 5.36. The van der Waals surface area contributed by atoms with Crippen molar-refractivity contribution >= 4 is 25.5 Å². The zero-order valence-electron chi connectivity index (χ0n) is 32.2. The third-order valence-electron chi connectivity index (χ3n) is 8.26. The summed E-state index contributed by atoms with van der Waals surface area (Å²) in [6, 6.07) is 24.0. The molecule has 0 bridgehead atoms. The lowest BCUT2D eigenvalue weighted by molar-refractivity contribution is -0.119. The Morgan fingerprint density at radius 3 is 1.64 bits per heavy atom. The Hall–Kier alpha value is -3.69. The molecule has 292 valence electrons. The minimum Gasteiger partial charge on any atom is -0.494 e. The summed E-state index contributed by atoms with van der Waals surface area (Å²) in [5, 5.41) is 5.33. The highest BCUT2D eigenvalue weighted by molar-refractivity contribution is 7.48. The minimum absolute atomic E-state index is 0.0585. The van der Waals surface area contributed by atoms with Crippen molar-refractivity contribution in [3.05, 3.63) is 96.1 Å². The molecule has 1 atom stereocenters. The average Bonchev–Trinajstić information content (AvgIpc) is 3.14. The number of carbonyl (C=O) groups is 2. The summed E-state index contributed by atoms with van der Waals surface area (Å²) in [7, 11) is -4.24. The van der Waals surface area contributed by atoms with Crippen molar-refractivity contribution in [3.8, 4) is 5.75 Å². The van der Waals surface area contributed by atoms with Gasteiger partial charge in [0.25, 0.3) is 0 Å². The molecule has 0 spiro atoms. The second kappa shape index (κ2) is 24.6. The number of carbonyl (C=O) groups excluding carboxylic acids is 2. The highest BCUT2D eigenvalue weighted by atomic mass is 31.2. The lowest BCUT2D eigenvalue weighted by Crippen LogP contribution is -2.48. The quantitative estimate of drug-likeness (QED) is 0.0614. The number of hydrogen-bond acceptors (Lipinski definition) is 8. The molecule has 0 aliphatic carbocycles. The maximum atomic E-state index is 13.9. The molecule has 0 fully saturated rings. The number of nitrogens with one attached hydrogen (secondary N) is 2. The van der Waals surface area contributed by atoms with Gasteiger partial charge < -0.3 is 20.1 Å². The Morgan fingerprint density at radius 1 is 0.660 bits per heavy atom. The van der Waals surface area contributed by atoms with Crippen LogP contribution in [0.4, 0.5) is 10.5 Å². The molecule has 0 saturated carbocycles. The third-order valence-corrected chi connectivity index (χ3v) is 9.62. The first kappa shape index (κ1) is 43.7. The predicted molar refractivity (Wildman–Crippen MR) is 211 cm³/mol. The van der Waals surface area contributed by atoms with Crippen molar-refractivity contribution in [3.63, 3.8) is 0 Å². The van der Waals surface area contributed by atoms with E-state index in [9.17, 15) is 14.2 Å². The van der Waals surface area contributed by atoms with Crippen LogP contribution in [0, 0.1) is 0 Å². The van der Waals surface area contributed by atoms with Crippen molar-refractivity contribution in [1.29, 1.82) is 0 Å². The first-order chi connectivity index (χ1) is 25.5. The molecule has 0 aliphatic rings. The topological polar surface area (TPSA) is 121 Å². The largest absolute Gasteiger partial charge is 0.494 e. The van der Waals surface area contributed by atoms with Crippen molar-refractivity contribution < 1.29 is 37.2 Å². The van der Waals surface area contributed by atoms with Gasteiger partial charge in [-0.05, 0) is 62.6 Å². The Labute approximate surface area is 317 Å². The van der Waals surface area contributed by atoms with E-state index in [1.54, 1.807) is 45.0 Å². The highest BCUT2D eigenvalue weighted by Gasteiger charge is 2.32. The molecular formula is C42H61N2O8P. The normalized spacial score (nSPS) is 12.2. The molecule has 0 aromatic heterocycles. The smallest absolute Gasteiger partial charge is 0.475 e. The van der Waals surface area contributed by atoms with Gasteiger partial charge in [-0.3, -0.25) is 18.4 Å². The van der Waals surface area contributed by atoms with Crippen LogP contribution in [-0.2, 0) is 40.9 Å². The molecule has 3 aromatic rings. The fourth-order valence-corrected chi connectivity index (χ4v) is 6.53. The lowest BCUT2D eigenvalue weighted by Gasteiger charge is -2.25. The standard InChI is InChI=1S/C42H61N2O8P/c1-5-6-7-8-9-10-11-12-13-14-15-22-31-48-38-29-27-37(28-30-38)43-40(45)39(44-41(46)52-42(2,3)4)34-51-53(47,49-32-35-23-18-16-19-24-35)50-33-36-25-20-17-21-26-36/h16-21,23-30,39H,5-15,22,31-34H2,1-4H3,(H,43,45)(H,44,46). The lowest BCUT2D eigenvalue weighted by atomic mass is 10.1. The van der Waals surface area contributed by atoms with Gasteiger partial charge in [0.05, 0.1) is 26.4 Å². The van der Waals surface area contributed by atoms with Crippen molar-refractivity contribution in [1.82, 2.24) is 5.32 Å². The Bertz CT molecular complexity index is 1430. The van der Waals surface area contributed by atoms with E-state index < -0.39 is 38.1 Å². The van der Waals surface area contributed by atoms with Crippen LogP contribution < -0.4 is 15.4 Å². The van der Waals surface area contributed by atoms with Gasteiger partial charge in [0, 0.05) is 5.69 Å². The van der Waals surface area contributed by atoms with Crippen LogP contribution in [0.2, 0.25) is 0 Å². The van der Waals surface area contributed by atoms with E-state index >= 15 is 0 Å². The molecule has 0 saturated heterocycles. The fraction of sp³-hybridized carbons (Fsp3) is 0.524. The summed E-state index contributed by atoms with van der Waals surface area (Å²) in [5.74, 6) is 0.0867. The second-order valence-electron chi connectivity index (χ2n) is 14.2. The van der Waals surface area contributed by atoms with Gasteiger partial charge in [-0.25, -0.2) is 9.36 Å². The van der Waals surface area contributed by atoms with Crippen LogP contribution in [0.1, 0.15) is 116 Å². The van der Waals surface area contributed by atoms with Crippen molar-refractivity contribution in [2.45, 2.75) is 130 Å². The molecule has 1 unspecified atom stereocenters. The molecule has 3 aromatic carbocycles. The molecule has 11 heteroatoms. The molecule has 10 nitrogen and oxygen atoms in total. The monoisotopic (exact) mass is 752 g/mol. The van der Waals surface area contributed by atoms with Crippen LogP contribution in [0.5, 0.6) is 5.75 Å². The van der Waals surface area contributed by atoms with Gasteiger partial charge in [0.2, 0.25) is 5.91 Å². The Balaban J connectivity index is 1.52. The number of alkyl carbamates (subject to hydrolysis) is 1. The molecule has 53 heavy (non-hydrogen) atoms. The van der Waals surface area contributed by atoms with Crippen LogP contribution in [0.15, 0.2) is 84.9 Å². The van der Waals surface area contributed by atoms with E-state index in [0.717, 1.165) is 24.0 Å². The number of amides is 2. The summed E-state index contributed by atoms with van der Waals surface area (Å²) in [6.07, 6.45) is 14.6. The maximum absolute atomic E-state index is 13.9. The molecular weight excluding hydrogens is 691 g/mol. The number of benzene rings is 3. The first-order valence-electron chi connectivity index (χ1n) is 19.2. The number of phosphoric acid groups is 1. The average molecular weight is 753 g/mol. The number of hydrogen-bond donors (Lipinski definition) is 2. The maximum Gasteiger partial charge on any atom is 0.475 e. The summed E-state index contributed by atoms with van der Waals surface area (Å²) >= 11 is 0. The molecule has 2 amide bonds. The van der Waals surface area contributed by atoms with Gasteiger partial charge >= 0.3 is 13.9 Å². The SMILES string of the molecule is CCCCCCCCCCCCCCOc1ccc(NC(=O)C(COP(=O)(OCc2ccccc2)OCc2ccccc2)NC(=O)OC(C)(C)C)cc1. The summed E-state index contributed by atoms with van der Waals surface area (Å²) in [6.45, 7) is 7.38. The molecule has 3 rings (SSSR count). The Kier molecular flexibility index (Phi) is 20.3. The highest BCUT2D eigenvalue weighted by Crippen LogP contribution is 2.51. The zero-order chi connectivity index (χ0) is 38.2. The van der Waals surface area contributed by atoms with Crippen LogP contribution in [0.25, 0.3) is 0 Å². The Morgan fingerprint density at radius 2 is 1.15 bits per heavy atom. The number of anilines is 1. The zero-order valence-corrected chi connectivity index (χ0v) is 33.1. The molecule has 0 aliphatic heterocycles. The van der Waals surface area contributed by atoms with Gasteiger partial charge in [0.1, 0.15) is 17.4 Å². The van der Waals surface area contributed by atoms with Crippen molar-refractivity contribution in [2.24, 2.45) is 0 Å². The molecule has 0 heterocycles. The summed E-state index contributed by atoms with van der Waals surface area (Å²) < 4.78 is 42.3. The third kappa shape index (κ3) is 19.8. The van der Waals surface area contributed by atoms with E-state index in [-0.39, 0.29) is 13.2 Å². The van der Waals surface area contributed by atoms with Crippen LogP contribution in [0.3, 0.4) is 0 Å². The number of unbranched alkanes of at least 4 members (excludes halogenated alkanes) is 11. The predicted octanol–water partition coefficient (Wildman–Crippen LogP) is 11.2. The van der Waals surface area contributed by atoms with E-state index in [2.05, 4.69) is 17.6 Å². The number of phosphoric ester groups is 1. The summed E-state index contributed by atoms with van der Waals surface area (Å²) in [4.78, 5) is 26.3. The van der Waals surface area contributed by atoms with E-state index in [1.165, 1.54) is 64.2 Å². The van der Waals surface area contributed by atoms with Gasteiger partial charge in [-0.15, -0.1) is 0 Å². The van der Waals surface area contributed by atoms with Crippen molar-refractivity contribution in [2.75, 3.05) is 18.5 Å². The summed E-state index contributed by atoms with van der Waals surface area (Å²) in [5.41, 5.74) is 1.17. The molecule has 0 radical (unpaired) electrons. The first-order valence-corrected chi connectivity index (χ1v) is 20.7. The van der Waals surface area contributed by atoms with E-state index in [1.807, 2.05) is 60.7 Å². The minimum atomic E-state index is -4.24. The van der Waals surface area contributed by atoms with Gasteiger partial charge in [0.15, 0.2) is 0 Å². The van der Waals surface area contributed by atoms with E-state index in [4.69, 9.17) is 23.0 Å². The number of ether oxygens (including phenoxy) is 2. The second-order valence-corrected chi connectivity index (χ2v) is 15.9. The van der Waals surface area contributed by atoms with Crippen LogP contribution >= 0.6 is 7.82 Å². The molecule has 2 N–H and O–H groups in total. The van der Waals surface area contributed by atoms with E-state index in [0.29, 0.717) is 18.0 Å².